The molecule has 0 aliphatic carbocycles. The first-order valence-corrected chi connectivity index (χ1v) is 6.12. The molecule has 0 spiro atoms. The second-order valence-corrected chi connectivity index (χ2v) is 4.45. The van der Waals surface area contributed by atoms with Gasteiger partial charge in [-0.2, -0.15) is 0 Å². The Morgan fingerprint density at radius 3 is 1.93 bits per heavy atom. The summed E-state index contributed by atoms with van der Waals surface area (Å²) in [5.41, 5.74) is 1.17. The predicted octanol–water partition coefficient (Wildman–Crippen LogP) is 2.68. The van der Waals surface area contributed by atoms with Gasteiger partial charge in [0.2, 0.25) is 0 Å². The average Bonchev–Trinajstić information content (AvgIpc) is 2.18. The van der Waals surface area contributed by atoms with Crippen molar-refractivity contribution >= 4 is 13.7 Å². The van der Waals surface area contributed by atoms with Gasteiger partial charge in [-0.3, -0.25) is 4.57 Å². The molecule has 1 rings (SSSR count). The minimum absolute atomic E-state index is 0.229. The maximum absolute atomic E-state index is 9.85. The SMILES string of the molecule is C=CCP(=O)(O)O.C=Cc1ccccc1. The molecule has 4 heteroatoms. The Balaban J connectivity index is 0.000000265. The van der Waals surface area contributed by atoms with Crippen LogP contribution >= 0.6 is 7.60 Å². The molecule has 1 aromatic carbocycles. The average molecular weight is 226 g/mol. The topological polar surface area (TPSA) is 57.5 Å². The maximum Gasteiger partial charge on any atom is 0.329 e. The highest BCUT2D eigenvalue weighted by atomic mass is 31.2. The third-order valence-corrected chi connectivity index (χ3v) is 2.14. The summed E-state index contributed by atoms with van der Waals surface area (Å²) in [5, 5.41) is 0. The fourth-order valence-electron chi connectivity index (χ4n) is 0.757. The molecular weight excluding hydrogens is 211 g/mol. The van der Waals surface area contributed by atoms with Gasteiger partial charge in [-0.15, -0.1) is 6.58 Å². The lowest BCUT2D eigenvalue weighted by atomic mass is 10.2. The molecule has 0 bridgehead atoms. The van der Waals surface area contributed by atoms with Gasteiger partial charge in [-0.25, -0.2) is 0 Å². The van der Waals surface area contributed by atoms with Crippen LogP contribution in [0.15, 0.2) is 49.6 Å². The highest BCUT2D eigenvalue weighted by Crippen LogP contribution is 2.33. The molecule has 0 fully saturated rings. The van der Waals surface area contributed by atoms with E-state index in [-0.39, 0.29) is 6.16 Å². The molecule has 1 aromatic rings. The first kappa shape index (κ1) is 13.8. The second kappa shape index (κ2) is 7.18. The fourth-order valence-corrected chi connectivity index (χ4v) is 1.09. The summed E-state index contributed by atoms with van der Waals surface area (Å²) in [6, 6.07) is 10.0. The van der Waals surface area contributed by atoms with Gasteiger partial charge in [0, 0.05) is 0 Å². The molecule has 3 nitrogen and oxygen atoms in total. The van der Waals surface area contributed by atoms with Crippen LogP contribution in [0, 0.1) is 0 Å². The van der Waals surface area contributed by atoms with E-state index in [1.165, 1.54) is 11.6 Å². The Bertz CT molecular complexity index is 340. The van der Waals surface area contributed by atoms with Crippen molar-refractivity contribution in [1.29, 1.82) is 0 Å². The van der Waals surface area contributed by atoms with E-state index in [0.717, 1.165) is 0 Å². The molecule has 0 aliphatic heterocycles. The normalized spacial score (nSPS) is 9.73. The van der Waals surface area contributed by atoms with E-state index < -0.39 is 7.60 Å². The highest BCUT2D eigenvalue weighted by molar-refractivity contribution is 7.51. The Morgan fingerprint density at radius 1 is 1.20 bits per heavy atom. The Morgan fingerprint density at radius 2 is 1.73 bits per heavy atom. The van der Waals surface area contributed by atoms with Crippen LogP contribution < -0.4 is 0 Å². The molecule has 0 saturated heterocycles. The summed E-state index contributed by atoms with van der Waals surface area (Å²) in [6.07, 6.45) is 2.80. The molecule has 0 amide bonds. The van der Waals surface area contributed by atoms with Crippen LogP contribution in [-0.2, 0) is 4.57 Å². The molecule has 15 heavy (non-hydrogen) atoms. The Hall–Kier alpha value is -1.15. The number of benzene rings is 1. The number of rotatable bonds is 3. The van der Waals surface area contributed by atoms with E-state index >= 15 is 0 Å². The lowest BCUT2D eigenvalue weighted by Crippen LogP contribution is -1.78. The quantitative estimate of drug-likeness (QED) is 0.615. The van der Waals surface area contributed by atoms with E-state index in [0.29, 0.717) is 0 Å². The molecule has 82 valence electrons. The largest absolute Gasteiger partial charge is 0.329 e. The van der Waals surface area contributed by atoms with Gasteiger partial charge in [-0.05, 0) is 5.56 Å². The van der Waals surface area contributed by atoms with E-state index in [2.05, 4.69) is 13.2 Å². The van der Waals surface area contributed by atoms with Gasteiger partial charge in [0.15, 0.2) is 0 Å². The van der Waals surface area contributed by atoms with Crippen molar-refractivity contribution in [2.45, 2.75) is 0 Å². The Labute approximate surface area is 89.9 Å². The van der Waals surface area contributed by atoms with E-state index in [9.17, 15) is 4.57 Å². The van der Waals surface area contributed by atoms with Crippen molar-refractivity contribution in [3.63, 3.8) is 0 Å². The standard InChI is InChI=1S/C8H8.C3H7O3P/c1-2-8-6-4-3-5-7-8;1-2-3-7(4,5)6/h2-7H,1H2;2H,1,3H2,(H2,4,5,6). The zero-order valence-corrected chi connectivity index (χ0v) is 9.31. The van der Waals surface area contributed by atoms with Gasteiger partial charge >= 0.3 is 7.60 Å². The van der Waals surface area contributed by atoms with Gasteiger partial charge in [-0.1, -0.05) is 49.1 Å². The lowest BCUT2D eigenvalue weighted by molar-refractivity contribution is 0.377. The number of hydrogen-bond acceptors (Lipinski definition) is 1. The zero-order chi connectivity index (χ0) is 11.7. The monoisotopic (exact) mass is 226 g/mol. The minimum atomic E-state index is -3.78. The van der Waals surface area contributed by atoms with Crippen LogP contribution in [0.4, 0.5) is 0 Å². The van der Waals surface area contributed by atoms with Crippen molar-refractivity contribution in [1.82, 2.24) is 0 Å². The van der Waals surface area contributed by atoms with Crippen molar-refractivity contribution in [2.75, 3.05) is 6.16 Å². The van der Waals surface area contributed by atoms with Gasteiger partial charge in [0.25, 0.3) is 0 Å². The Kier molecular flexibility index (Phi) is 6.63. The summed E-state index contributed by atoms with van der Waals surface area (Å²) < 4.78 is 9.85. The number of allylic oxidation sites excluding steroid dienone is 1. The highest BCUT2D eigenvalue weighted by Gasteiger charge is 2.06. The predicted molar refractivity (Wildman–Crippen MR) is 63.6 cm³/mol. The first-order valence-electron chi connectivity index (χ1n) is 4.32. The summed E-state index contributed by atoms with van der Waals surface area (Å²) in [4.78, 5) is 16.1. The third kappa shape index (κ3) is 9.16. The van der Waals surface area contributed by atoms with E-state index in [1.807, 2.05) is 36.4 Å². The maximum atomic E-state index is 9.85. The van der Waals surface area contributed by atoms with Crippen LogP contribution in [-0.4, -0.2) is 15.9 Å². The molecule has 0 aromatic heterocycles. The molecular formula is C11H15O3P. The van der Waals surface area contributed by atoms with Crippen molar-refractivity contribution in [2.24, 2.45) is 0 Å². The van der Waals surface area contributed by atoms with Crippen molar-refractivity contribution < 1.29 is 14.4 Å². The van der Waals surface area contributed by atoms with Crippen molar-refractivity contribution in [3.8, 4) is 0 Å². The van der Waals surface area contributed by atoms with Crippen LogP contribution in [0.3, 0.4) is 0 Å². The van der Waals surface area contributed by atoms with Crippen LogP contribution in [0.5, 0.6) is 0 Å². The molecule has 0 radical (unpaired) electrons. The van der Waals surface area contributed by atoms with Gasteiger partial charge in [0.1, 0.15) is 0 Å². The lowest BCUT2D eigenvalue weighted by Gasteiger charge is -1.94. The molecule has 0 heterocycles. The van der Waals surface area contributed by atoms with Gasteiger partial charge in [0.05, 0.1) is 6.16 Å². The first-order chi connectivity index (χ1) is 6.99. The summed E-state index contributed by atoms with van der Waals surface area (Å²) in [5.74, 6) is 0. The van der Waals surface area contributed by atoms with E-state index in [1.54, 1.807) is 0 Å². The van der Waals surface area contributed by atoms with Crippen LogP contribution in [0.25, 0.3) is 6.08 Å². The van der Waals surface area contributed by atoms with Crippen LogP contribution in [0.2, 0.25) is 0 Å². The van der Waals surface area contributed by atoms with Gasteiger partial charge < -0.3 is 9.79 Å². The molecule has 0 aliphatic rings. The molecule has 0 atom stereocenters. The summed E-state index contributed by atoms with van der Waals surface area (Å²) in [6.45, 7) is 6.78. The molecule has 0 unspecified atom stereocenters. The molecule has 2 N–H and O–H groups in total. The third-order valence-electron chi connectivity index (χ3n) is 1.40. The second-order valence-electron chi connectivity index (χ2n) is 2.75. The summed E-state index contributed by atoms with van der Waals surface area (Å²) >= 11 is 0. The number of hydrogen-bond donors (Lipinski definition) is 2. The minimum Gasteiger partial charge on any atom is -0.324 e. The zero-order valence-electron chi connectivity index (χ0n) is 8.41. The molecule has 0 saturated carbocycles. The van der Waals surface area contributed by atoms with Crippen molar-refractivity contribution in [3.05, 3.63) is 55.1 Å². The van der Waals surface area contributed by atoms with Crippen LogP contribution in [0.1, 0.15) is 5.56 Å². The van der Waals surface area contributed by atoms with E-state index in [4.69, 9.17) is 9.79 Å². The summed E-state index contributed by atoms with van der Waals surface area (Å²) in [7, 11) is -3.78. The smallest absolute Gasteiger partial charge is 0.324 e. The fraction of sp³-hybridized carbons (Fsp3) is 0.0909.